The van der Waals surface area contributed by atoms with Crippen LogP contribution in [0.15, 0.2) is 12.3 Å². The number of nitrogens with zero attached hydrogens (tertiary/aromatic N) is 1. The molecule has 0 aliphatic heterocycles. The van der Waals surface area contributed by atoms with Gasteiger partial charge in [0.15, 0.2) is 6.61 Å². The highest BCUT2D eigenvalue weighted by Gasteiger charge is 2.18. The highest BCUT2D eigenvalue weighted by molar-refractivity contribution is 5.65. The van der Waals surface area contributed by atoms with E-state index in [4.69, 9.17) is 9.47 Å². The molecule has 0 fully saturated rings. The molecule has 15 heavy (non-hydrogen) atoms. The number of esters is 1. The molecule has 5 heteroatoms. The van der Waals surface area contributed by atoms with E-state index < -0.39 is 5.97 Å². The number of carbonyl (C=O) groups is 1. The molecule has 5 nitrogen and oxygen atoms in total. The average Bonchev–Trinajstić information content (AvgIpc) is 2.17. The van der Waals surface area contributed by atoms with Crippen LogP contribution in [0.1, 0.15) is 18.2 Å². The monoisotopic (exact) mass is 212 g/mol. The van der Waals surface area contributed by atoms with E-state index in [0.717, 1.165) is 10.3 Å². The number of pyridine rings is 1. The number of methoxy groups -OCH3 is 1. The third-order valence-electron chi connectivity index (χ3n) is 2.08. The Morgan fingerprint density at radius 2 is 2.27 bits per heavy atom. The lowest BCUT2D eigenvalue weighted by molar-refractivity contribution is -0.910. The van der Waals surface area contributed by atoms with Gasteiger partial charge in [0.25, 0.3) is 5.69 Å². The van der Waals surface area contributed by atoms with Crippen LogP contribution in [0.2, 0.25) is 0 Å². The summed E-state index contributed by atoms with van der Waals surface area (Å²) in [4.78, 5) is 10.6. The normalized spacial score (nSPS) is 9.80. The topological polar surface area (TPSA) is 59.6 Å². The molecule has 0 saturated carbocycles. The first kappa shape index (κ1) is 11.3. The standard InChI is InChI=1S/C10H14NO4/c1-7-9(6-15-8(2)12)11(13)5-4-10(7)14-3/h4-5,13H,6H2,1-3H3/q+1. The maximum atomic E-state index is 10.6. The minimum Gasteiger partial charge on any atom is -0.496 e. The van der Waals surface area contributed by atoms with Crippen LogP contribution < -0.4 is 9.47 Å². The van der Waals surface area contributed by atoms with Gasteiger partial charge in [-0.25, -0.2) is 0 Å². The van der Waals surface area contributed by atoms with Gasteiger partial charge in [0, 0.05) is 17.7 Å². The Morgan fingerprint density at radius 1 is 1.60 bits per heavy atom. The van der Waals surface area contributed by atoms with E-state index in [1.165, 1.54) is 13.1 Å². The third kappa shape index (κ3) is 2.59. The van der Waals surface area contributed by atoms with Gasteiger partial charge in [0.2, 0.25) is 6.20 Å². The summed E-state index contributed by atoms with van der Waals surface area (Å²) < 4.78 is 10.8. The van der Waals surface area contributed by atoms with E-state index in [0.29, 0.717) is 11.4 Å². The first-order valence-corrected chi connectivity index (χ1v) is 4.47. The Labute approximate surface area is 87.8 Å². The zero-order valence-electron chi connectivity index (χ0n) is 8.98. The lowest BCUT2D eigenvalue weighted by atomic mass is 10.2. The second kappa shape index (κ2) is 4.63. The van der Waals surface area contributed by atoms with Crippen molar-refractivity contribution in [3.05, 3.63) is 23.5 Å². The third-order valence-corrected chi connectivity index (χ3v) is 2.08. The molecule has 1 aromatic rings. The van der Waals surface area contributed by atoms with Crippen molar-refractivity contribution in [1.82, 2.24) is 0 Å². The highest BCUT2D eigenvalue weighted by Crippen LogP contribution is 2.17. The highest BCUT2D eigenvalue weighted by atomic mass is 16.5. The second-order valence-corrected chi connectivity index (χ2v) is 3.08. The number of carbonyl (C=O) groups excluding carboxylic acids is 1. The zero-order chi connectivity index (χ0) is 11.4. The molecule has 0 atom stereocenters. The van der Waals surface area contributed by atoms with Crippen molar-refractivity contribution in [2.24, 2.45) is 0 Å². The molecular formula is C10H14NO4+. The van der Waals surface area contributed by atoms with Gasteiger partial charge in [-0.1, -0.05) is 0 Å². The van der Waals surface area contributed by atoms with Gasteiger partial charge in [0.05, 0.1) is 12.7 Å². The molecule has 0 radical (unpaired) electrons. The summed E-state index contributed by atoms with van der Waals surface area (Å²) in [5.41, 5.74) is 1.23. The van der Waals surface area contributed by atoms with Crippen LogP contribution in [0.4, 0.5) is 0 Å². The van der Waals surface area contributed by atoms with Crippen LogP contribution in [-0.4, -0.2) is 18.3 Å². The van der Waals surface area contributed by atoms with Crippen LogP contribution in [0, 0.1) is 6.92 Å². The van der Waals surface area contributed by atoms with Crippen LogP contribution >= 0.6 is 0 Å². The van der Waals surface area contributed by atoms with E-state index in [-0.39, 0.29) is 6.61 Å². The Kier molecular flexibility index (Phi) is 3.49. The molecule has 1 N–H and O–H groups in total. The fraction of sp³-hybridized carbons (Fsp3) is 0.400. The van der Waals surface area contributed by atoms with Gasteiger partial charge >= 0.3 is 5.97 Å². The minimum atomic E-state index is -0.391. The summed E-state index contributed by atoms with van der Waals surface area (Å²) in [6.45, 7) is 3.12. The molecule has 0 unspecified atom stereocenters. The van der Waals surface area contributed by atoms with E-state index in [1.807, 2.05) is 0 Å². The van der Waals surface area contributed by atoms with Gasteiger partial charge in [-0.2, -0.15) is 0 Å². The largest absolute Gasteiger partial charge is 0.496 e. The fourth-order valence-corrected chi connectivity index (χ4v) is 1.23. The second-order valence-electron chi connectivity index (χ2n) is 3.08. The number of aromatic nitrogens is 1. The predicted molar refractivity (Wildman–Crippen MR) is 50.6 cm³/mol. The maximum absolute atomic E-state index is 10.6. The summed E-state index contributed by atoms with van der Waals surface area (Å²) in [6, 6.07) is 1.63. The molecule has 82 valence electrons. The Morgan fingerprint density at radius 3 is 2.80 bits per heavy atom. The first-order chi connectivity index (χ1) is 7.06. The first-order valence-electron chi connectivity index (χ1n) is 4.47. The maximum Gasteiger partial charge on any atom is 0.303 e. The lowest BCUT2D eigenvalue weighted by Gasteiger charge is -2.05. The van der Waals surface area contributed by atoms with Crippen molar-refractivity contribution < 1.29 is 24.2 Å². The average molecular weight is 212 g/mol. The summed E-state index contributed by atoms with van der Waals surface area (Å²) in [5.74, 6) is 0.250. The van der Waals surface area contributed by atoms with E-state index in [2.05, 4.69) is 0 Å². The summed E-state index contributed by atoms with van der Waals surface area (Å²) in [7, 11) is 1.54. The molecule has 1 rings (SSSR count). The smallest absolute Gasteiger partial charge is 0.303 e. The van der Waals surface area contributed by atoms with Crippen molar-refractivity contribution >= 4 is 5.97 Å². The van der Waals surface area contributed by atoms with E-state index in [9.17, 15) is 10.0 Å². The van der Waals surface area contributed by atoms with E-state index in [1.54, 1.807) is 20.1 Å². The molecule has 0 aromatic carbocycles. The summed E-state index contributed by atoms with van der Waals surface area (Å²) in [5, 5.41) is 9.49. The molecule has 0 bridgehead atoms. The SMILES string of the molecule is COc1cc[n+](O)c(COC(C)=O)c1C. The quantitative estimate of drug-likeness (QED) is 0.452. The Hall–Kier alpha value is -1.78. The van der Waals surface area contributed by atoms with Crippen molar-refractivity contribution in [1.29, 1.82) is 0 Å². The van der Waals surface area contributed by atoms with Crippen LogP contribution in [0.25, 0.3) is 0 Å². The van der Waals surface area contributed by atoms with Crippen molar-refractivity contribution in [3.63, 3.8) is 0 Å². The van der Waals surface area contributed by atoms with Gasteiger partial charge < -0.3 is 9.47 Å². The molecule has 0 aliphatic rings. The van der Waals surface area contributed by atoms with Gasteiger partial charge in [-0.05, 0) is 6.92 Å². The van der Waals surface area contributed by atoms with Crippen LogP contribution in [0.3, 0.4) is 0 Å². The van der Waals surface area contributed by atoms with Gasteiger partial charge in [0.1, 0.15) is 5.75 Å². The molecule has 1 aromatic heterocycles. The van der Waals surface area contributed by atoms with Crippen LogP contribution in [0.5, 0.6) is 5.75 Å². The van der Waals surface area contributed by atoms with Crippen molar-refractivity contribution in [2.45, 2.75) is 20.5 Å². The Bertz CT molecular complexity index is 376. The predicted octanol–water partition coefficient (Wildman–Crippen LogP) is 0.592. The Balaban J connectivity index is 2.98. The summed E-state index contributed by atoms with van der Waals surface area (Å²) >= 11 is 0. The van der Waals surface area contributed by atoms with Crippen molar-refractivity contribution in [3.8, 4) is 5.75 Å². The number of ether oxygens (including phenoxy) is 2. The molecule has 0 spiro atoms. The van der Waals surface area contributed by atoms with Crippen LogP contribution in [-0.2, 0) is 16.1 Å². The van der Waals surface area contributed by atoms with Gasteiger partial charge in [-0.3, -0.25) is 10.0 Å². The number of rotatable bonds is 3. The number of hydrogen-bond acceptors (Lipinski definition) is 4. The molecule has 0 aliphatic carbocycles. The fourth-order valence-electron chi connectivity index (χ4n) is 1.23. The zero-order valence-corrected chi connectivity index (χ0v) is 8.98. The molecule has 0 saturated heterocycles. The number of hydrogen-bond donors (Lipinski definition) is 1. The molecule has 0 amide bonds. The van der Waals surface area contributed by atoms with Gasteiger partial charge in [-0.15, -0.1) is 0 Å². The summed E-state index contributed by atoms with van der Waals surface area (Å²) in [6.07, 6.45) is 1.44. The van der Waals surface area contributed by atoms with E-state index >= 15 is 0 Å². The lowest BCUT2D eigenvalue weighted by Crippen LogP contribution is -2.36. The molecular weight excluding hydrogens is 198 g/mol. The minimum absolute atomic E-state index is 0.0227. The van der Waals surface area contributed by atoms with Crippen molar-refractivity contribution in [2.75, 3.05) is 7.11 Å². The molecule has 1 heterocycles.